The van der Waals surface area contributed by atoms with Crippen LogP contribution in [0.2, 0.25) is 0 Å². The van der Waals surface area contributed by atoms with Crippen LogP contribution in [-0.2, 0) is 6.42 Å². The number of hydrogen-bond donors (Lipinski definition) is 1. The largest absolute Gasteiger partial charge is 0.396 e. The zero-order chi connectivity index (χ0) is 11.4. The van der Waals surface area contributed by atoms with Crippen LogP contribution in [-0.4, -0.2) is 41.7 Å². The summed E-state index contributed by atoms with van der Waals surface area (Å²) in [5, 5.41) is 9.67. The first kappa shape index (κ1) is 11.6. The first-order chi connectivity index (χ1) is 7.74. The number of hydrogen-bond acceptors (Lipinski definition) is 3. The highest BCUT2D eigenvalue weighted by atomic mass is 16.3. The van der Waals surface area contributed by atoms with Gasteiger partial charge < -0.3 is 10.0 Å². The van der Waals surface area contributed by atoms with E-state index in [9.17, 15) is 5.11 Å². The third-order valence-electron chi connectivity index (χ3n) is 3.49. The Kier molecular flexibility index (Phi) is 3.56. The summed E-state index contributed by atoms with van der Waals surface area (Å²) in [7, 11) is 2.13. The molecule has 16 heavy (non-hydrogen) atoms. The van der Waals surface area contributed by atoms with Gasteiger partial charge in [-0.05, 0) is 44.5 Å². The zero-order valence-corrected chi connectivity index (χ0v) is 9.89. The zero-order valence-electron chi connectivity index (χ0n) is 9.89. The minimum Gasteiger partial charge on any atom is -0.396 e. The third-order valence-corrected chi connectivity index (χ3v) is 3.49. The minimum absolute atomic E-state index is 0.0377. The highest BCUT2D eigenvalue weighted by molar-refractivity contribution is 5.12. The molecule has 1 fully saturated rings. The van der Waals surface area contributed by atoms with E-state index in [0.717, 1.165) is 25.9 Å². The minimum atomic E-state index is 0.0377. The lowest BCUT2D eigenvalue weighted by atomic mass is 9.76. The Balaban J connectivity index is 2.10. The van der Waals surface area contributed by atoms with Crippen molar-refractivity contribution < 1.29 is 5.11 Å². The fourth-order valence-corrected chi connectivity index (χ4v) is 2.72. The van der Waals surface area contributed by atoms with Crippen molar-refractivity contribution in [2.24, 2.45) is 5.41 Å². The van der Waals surface area contributed by atoms with Crippen LogP contribution in [0, 0.1) is 5.41 Å². The van der Waals surface area contributed by atoms with Gasteiger partial charge >= 0.3 is 0 Å². The summed E-state index contributed by atoms with van der Waals surface area (Å²) < 4.78 is 0. The van der Waals surface area contributed by atoms with Crippen LogP contribution in [0.25, 0.3) is 0 Å². The smallest absolute Gasteiger partial charge is 0.0502 e. The topological polar surface area (TPSA) is 36.4 Å². The molecule has 1 aromatic heterocycles. The highest BCUT2D eigenvalue weighted by Gasteiger charge is 2.33. The molecule has 1 aliphatic rings. The van der Waals surface area contributed by atoms with Crippen molar-refractivity contribution in [3.8, 4) is 0 Å². The summed E-state index contributed by atoms with van der Waals surface area (Å²) in [5.41, 5.74) is 1.27. The third kappa shape index (κ3) is 2.60. The number of aliphatic hydroxyl groups is 1. The number of rotatable bonds is 3. The van der Waals surface area contributed by atoms with Gasteiger partial charge in [-0.1, -0.05) is 6.07 Å². The van der Waals surface area contributed by atoms with Gasteiger partial charge in [0.15, 0.2) is 0 Å². The molecule has 1 unspecified atom stereocenters. The van der Waals surface area contributed by atoms with Crippen LogP contribution >= 0.6 is 0 Å². The summed E-state index contributed by atoms with van der Waals surface area (Å²) in [6.45, 7) is 2.40. The molecule has 1 saturated heterocycles. The number of pyridine rings is 1. The van der Waals surface area contributed by atoms with Gasteiger partial charge in [-0.2, -0.15) is 0 Å². The first-order valence-corrected chi connectivity index (χ1v) is 5.92. The van der Waals surface area contributed by atoms with Crippen molar-refractivity contribution in [1.29, 1.82) is 0 Å². The second-order valence-corrected chi connectivity index (χ2v) is 5.04. The van der Waals surface area contributed by atoms with E-state index in [0.29, 0.717) is 0 Å². The summed E-state index contributed by atoms with van der Waals surface area (Å²) in [4.78, 5) is 6.45. The van der Waals surface area contributed by atoms with Crippen molar-refractivity contribution in [1.82, 2.24) is 9.88 Å². The normalized spacial score (nSPS) is 26.9. The molecular formula is C13H20N2O. The first-order valence-electron chi connectivity index (χ1n) is 5.92. The quantitative estimate of drug-likeness (QED) is 0.835. The second-order valence-electron chi connectivity index (χ2n) is 5.04. The Morgan fingerprint density at radius 2 is 2.44 bits per heavy atom. The molecule has 2 rings (SSSR count). The van der Waals surface area contributed by atoms with E-state index >= 15 is 0 Å². The van der Waals surface area contributed by atoms with Crippen LogP contribution in [0.1, 0.15) is 18.4 Å². The molecule has 0 aliphatic carbocycles. The lowest BCUT2D eigenvalue weighted by Crippen LogP contribution is -2.44. The SMILES string of the molecule is CN1CCCC(CO)(Cc2cccnc2)C1. The Hall–Kier alpha value is -0.930. The Bertz CT molecular complexity index is 328. The summed E-state index contributed by atoms with van der Waals surface area (Å²) in [5.74, 6) is 0. The molecule has 0 saturated carbocycles. The molecule has 1 N–H and O–H groups in total. The summed E-state index contributed by atoms with van der Waals surface area (Å²) in [6.07, 6.45) is 6.93. The van der Waals surface area contributed by atoms with E-state index in [1.165, 1.54) is 12.0 Å². The molecule has 0 aromatic carbocycles. The lowest BCUT2D eigenvalue weighted by molar-refractivity contribution is 0.0438. The molecule has 3 nitrogen and oxygen atoms in total. The Morgan fingerprint density at radius 1 is 1.56 bits per heavy atom. The van der Waals surface area contributed by atoms with Gasteiger partial charge in [-0.25, -0.2) is 0 Å². The van der Waals surface area contributed by atoms with Gasteiger partial charge in [0.05, 0.1) is 6.61 Å². The van der Waals surface area contributed by atoms with Crippen LogP contribution < -0.4 is 0 Å². The maximum absolute atomic E-state index is 9.67. The van der Waals surface area contributed by atoms with Crippen molar-refractivity contribution in [2.45, 2.75) is 19.3 Å². The average Bonchev–Trinajstić information content (AvgIpc) is 2.30. The number of aliphatic hydroxyl groups excluding tert-OH is 1. The van der Waals surface area contributed by atoms with Gasteiger partial charge in [-0.15, -0.1) is 0 Å². The predicted octanol–water partition coefficient (Wildman–Crippen LogP) is 1.33. The van der Waals surface area contributed by atoms with Gasteiger partial charge in [0, 0.05) is 24.4 Å². The molecule has 3 heteroatoms. The second kappa shape index (κ2) is 4.93. The van der Waals surface area contributed by atoms with Crippen LogP contribution in [0.3, 0.4) is 0 Å². The molecule has 88 valence electrons. The van der Waals surface area contributed by atoms with Gasteiger partial charge in [-0.3, -0.25) is 4.98 Å². The molecule has 0 radical (unpaired) electrons. The monoisotopic (exact) mass is 220 g/mol. The maximum atomic E-state index is 9.67. The Labute approximate surface area is 97.1 Å². The molecule has 0 spiro atoms. The van der Waals surface area contributed by atoms with E-state index in [2.05, 4.69) is 23.0 Å². The van der Waals surface area contributed by atoms with Crippen molar-refractivity contribution in [3.05, 3.63) is 30.1 Å². The summed E-state index contributed by atoms with van der Waals surface area (Å²) in [6, 6.07) is 4.06. The van der Waals surface area contributed by atoms with Crippen molar-refractivity contribution >= 4 is 0 Å². The average molecular weight is 220 g/mol. The number of likely N-dealkylation sites (tertiary alicyclic amines) is 1. The molecule has 0 amide bonds. The van der Waals surface area contributed by atoms with E-state index in [-0.39, 0.29) is 12.0 Å². The van der Waals surface area contributed by atoms with Gasteiger partial charge in [0.2, 0.25) is 0 Å². The number of aromatic nitrogens is 1. The molecule has 1 atom stereocenters. The molecule has 0 bridgehead atoms. The highest BCUT2D eigenvalue weighted by Crippen LogP contribution is 2.32. The van der Waals surface area contributed by atoms with E-state index < -0.39 is 0 Å². The molecule has 1 aliphatic heterocycles. The number of piperidine rings is 1. The van der Waals surface area contributed by atoms with Crippen molar-refractivity contribution in [3.63, 3.8) is 0 Å². The number of nitrogens with zero attached hydrogens (tertiary/aromatic N) is 2. The fourth-order valence-electron chi connectivity index (χ4n) is 2.72. The van der Waals surface area contributed by atoms with Crippen molar-refractivity contribution in [2.75, 3.05) is 26.7 Å². The molecule has 2 heterocycles. The van der Waals surface area contributed by atoms with E-state index in [4.69, 9.17) is 0 Å². The molecule has 1 aromatic rings. The standard InChI is InChI=1S/C13H20N2O/c1-15-7-3-5-13(10-15,11-16)8-12-4-2-6-14-9-12/h2,4,6,9,16H,3,5,7-8,10-11H2,1H3. The fraction of sp³-hybridized carbons (Fsp3) is 0.615. The predicted molar refractivity (Wildman–Crippen MR) is 64.2 cm³/mol. The van der Waals surface area contributed by atoms with Crippen LogP contribution in [0.5, 0.6) is 0 Å². The maximum Gasteiger partial charge on any atom is 0.0502 e. The summed E-state index contributed by atoms with van der Waals surface area (Å²) >= 11 is 0. The van der Waals surface area contributed by atoms with Crippen LogP contribution in [0.15, 0.2) is 24.5 Å². The van der Waals surface area contributed by atoms with Crippen LogP contribution in [0.4, 0.5) is 0 Å². The molecular weight excluding hydrogens is 200 g/mol. The van der Waals surface area contributed by atoms with E-state index in [1.807, 2.05) is 12.3 Å². The van der Waals surface area contributed by atoms with E-state index in [1.54, 1.807) is 6.20 Å². The Morgan fingerprint density at radius 3 is 3.06 bits per heavy atom. The lowest BCUT2D eigenvalue weighted by Gasteiger charge is -2.40. The van der Waals surface area contributed by atoms with Gasteiger partial charge in [0.1, 0.15) is 0 Å². The van der Waals surface area contributed by atoms with Gasteiger partial charge in [0.25, 0.3) is 0 Å².